The van der Waals surface area contributed by atoms with Crippen LogP contribution in [0.4, 0.5) is 17.3 Å². The van der Waals surface area contributed by atoms with Gasteiger partial charge in [-0.25, -0.2) is 4.98 Å². The van der Waals surface area contributed by atoms with Crippen molar-refractivity contribution in [1.82, 2.24) is 4.98 Å². The molecule has 0 radical (unpaired) electrons. The normalized spacial score (nSPS) is 10.5. The molecule has 0 aliphatic heterocycles. The van der Waals surface area contributed by atoms with Crippen LogP contribution in [0.3, 0.4) is 0 Å². The molecule has 0 aromatic carbocycles. The van der Waals surface area contributed by atoms with Gasteiger partial charge in [-0.2, -0.15) is 0 Å². The molecule has 0 amide bonds. The zero-order valence-corrected chi connectivity index (χ0v) is 11.5. The molecule has 0 atom stereocenters. The monoisotopic (exact) mass is 268 g/mol. The Morgan fingerprint density at radius 2 is 2.21 bits per heavy atom. The molecule has 1 aromatic heterocycles. The van der Waals surface area contributed by atoms with Crippen molar-refractivity contribution in [3.8, 4) is 0 Å². The Morgan fingerprint density at radius 3 is 2.79 bits per heavy atom. The fourth-order valence-electron chi connectivity index (χ4n) is 1.51. The summed E-state index contributed by atoms with van der Waals surface area (Å²) in [6, 6.07) is 3.14. The predicted molar refractivity (Wildman–Crippen MR) is 74.6 cm³/mol. The number of nitrogens with zero attached hydrogens (tertiary/aromatic N) is 2. The lowest BCUT2D eigenvalue weighted by molar-refractivity contribution is -0.384. The predicted octanol–water partition coefficient (Wildman–Crippen LogP) is 2.26. The summed E-state index contributed by atoms with van der Waals surface area (Å²) in [5, 5.41) is 17.0. The lowest BCUT2D eigenvalue weighted by atomic mass is 10.3. The van der Waals surface area contributed by atoms with Gasteiger partial charge in [0, 0.05) is 32.4 Å². The van der Waals surface area contributed by atoms with Crippen LogP contribution in [-0.2, 0) is 4.74 Å². The minimum absolute atomic E-state index is 0.0175. The number of rotatable bonds is 8. The van der Waals surface area contributed by atoms with Crippen molar-refractivity contribution in [2.45, 2.75) is 26.3 Å². The van der Waals surface area contributed by atoms with Gasteiger partial charge in [0.2, 0.25) is 5.82 Å². The summed E-state index contributed by atoms with van der Waals surface area (Å²) >= 11 is 0. The van der Waals surface area contributed by atoms with E-state index in [9.17, 15) is 10.1 Å². The van der Waals surface area contributed by atoms with Gasteiger partial charge in [0.05, 0.1) is 4.92 Å². The van der Waals surface area contributed by atoms with Crippen molar-refractivity contribution in [2.24, 2.45) is 0 Å². The van der Waals surface area contributed by atoms with Crippen molar-refractivity contribution < 1.29 is 9.66 Å². The van der Waals surface area contributed by atoms with E-state index in [-0.39, 0.29) is 17.5 Å². The first-order valence-electron chi connectivity index (χ1n) is 6.19. The van der Waals surface area contributed by atoms with E-state index in [0.717, 1.165) is 6.42 Å². The highest BCUT2D eigenvalue weighted by molar-refractivity contribution is 5.60. The molecular formula is C12H20N4O3. The molecule has 19 heavy (non-hydrogen) atoms. The van der Waals surface area contributed by atoms with Crippen molar-refractivity contribution in [1.29, 1.82) is 0 Å². The smallest absolute Gasteiger partial charge is 0.311 e. The molecule has 0 saturated carbocycles. The van der Waals surface area contributed by atoms with E-state index < -0.39 is 4.92 Å². The molecule has 7 heteroatoms. The van der Waals surface area contributed by atoms with Gasteiger partial charge in [-0.3, -0.25) is 10.1 Å². The quantitative estimate of drug-likeness (QED) is 0.427. The number of anilines is 2. The van der Waals surface area contributed by atoms with Gasteiger partial charge in [0.25, 0.3) is 0 Å². The van der Waals surface area contributed by atoms with E-state index in [4.69, 9.17) is 4.74 Å². The van der Waals surface area contributed by atoms with Crippen molar-refractivity contribution in [3.05, 3.63) is 22.2 Å². The molecule has 7 nitrogen and oxygen atoms in total. The first-order valence-corrected chi connectivity index (χ1v) is 6.19. The van der Waals surface area contributed by atoms with Crippen LogP contribution < -0.4 is 10.6 Å². The second-order valence-corrected chi connectivity index (χ2v) is 4.39. The van der Waals surface area contributed by atoms with E-state index in [1.165, 1.54) is 6.07 Å². The largest absolute Gasteiger partial charge is 0.385 e. The molecule has 1 rings (SSSR count). The SMILES string of the molecule is COCCCNc1ccc([N+](=O)[O-])c(NC(C)C)n1. The van der Waals surface area contributed by atoms with Crippen LogP contribution in [0.1, 0.15) is 20.3 Å². The molecule has 0 saturated heterocycles. The van der Waals surface area contributed by atoms with Gasteiger partial charge in [-0.15, -0.1) is 0 Å². The summed E-state index contributed by atoms with van der Waals surface area (Å²) in [6.07, 6.45) is 0.849. The number of nitrogens with one attached hydrogen (secondary N) is 2. The number of nitro groups is 1. The van der Waals surface area contributed by atoms with E-state index in [1.807, 2.05) is 13.8 Å². The maximum atomic E-state index is 10.9. The summed E-state index contributed by atoms with van der Waals surface area (Å²) in [5.41, 5.74) is -0.0175. The van der Waals surface area contributed by atoms with Gasteiger partial charge in [-0.1, -0.05) is 0 Å². The topological polar surface area (TPSA) is 89.3 Å². The fourth-order valence-corrected chi connectivity index (χ4v) is 1.51. The molecule has 0 spiro atoms. The van der Waals surface area contributed by atoms with Gasteiger partial charge < -0.3 is 15.4 Å². The minimum Gasteiger partial charge on any atom is -0.385 e. The number of methoxy groups -OCH3 is 1. The molecule has 0 aliphatic carbocycles. The molecular weight excluding hydrogens is 248 g/mol. The third kappa shape index (κ3) is 5.09. The van der Waals surface area contributed by atoms with E-state index >= 15 is 0 Å². The number of aromatic nitrogens is 1. The van der Waals surface area contributed by atoms with Gasteiger partial charge in [-0.05, 0) is 26.3 Å². The number of hydrogen-bond donors (Lipinski definition) is 2. The lowest BCUT2D eigenvalue weighted by Crippen LogP contribution is -2.14. The highest BCUT2D eigenvalue weighted by Crippen LogP contribution is 2.24. The van der Waals surface area contributed by atoms with Gasteiger partial charge in [0.1, 0.15) is 5.82 Å². The van der Waals surface area contributed by atoms with Crippen LogP contribution in [0, 0.1) is 10.1 Å². The maximum absolute atomic E-state index is 10.9. The number of pyridine rings is 1. The zero-order chi connectivity index (χ0) is 14.3. The van der Waals surface area contributed by atoms with Gasteiger partial charge in [0.15, 0.2) is 0 Å². The number of ether oxygens (including phenoxy) is 1. The van der Waals surface area contributed by atoms with Crippen LogP contribution >= 0.6 is 0 Å². The summed E-state index contributed by atoms with van der Waals surface area (Å²) in [7, 11) is 1.65. The second kappa shape index (κ2) is 7.52. The summed E-state index contributed by atoms with van der Waals surface area (Å²) in [4.78, 5) is 14.7. The first-order chi connectivity index (χ1) is 9.04. The summed E-state index contributed by atoms with van der Waals surface area (Å²) < 4.78 is 4.94. The fraction of sp³-hybridized carbons (Fsp3) is 0.583. The minimum atomic E-state index is -0.438. The van der Waals surface area contributed by atoms with Crippen LogP contribution in [0.5, 0.6) is 0 Å². The van der Waals surface area contributed by atoms with Gasteiger partial charge >= 0.3 is 5.69 Å². The Hall–Kier alpha value is -1.89. The highest BCUT2D eigenvalue weighted by atomic mass is 16.6. The van der Waals surface area contributed by atoms with Crippen molar-refractivity contribution >= 4 is 17.3 Å². The van der Waals surface area contributed by atoms with E-state index in [0.29, 0.717) is 19.0 Å². The lowest BCUT2D eigenvalue weighted by Gasteiger charge is -2.11. The molecule has 2 N–H and O–H groups in total. The molecule has 106 valence electrons. The standard InChI is InChI=1S/C12H20N4O3/c1-9(2)14-12-10(16(17)18)5-6-11(15-12)13-7-4-8-19-3/h5-6,9H,4,7-8H2,1-3H3,(H2,13,14,15). The molecule has 0 bridgehead atoms. The van der Waals surface area contributed by atoms with Crippen LogP contribution in [0.25, 0.3) is 0 Å². The Morgan fingerprint density at radius 1 is 1.47 bits per heavy atom. The van der Waals surface area contributed by atoms with Crippen LogP contribution in [0.2, 0.25) is 0 Å². The van der Waals surface area contributed by atoms with Crippen molar-refractivity contribution in [2.75, 3.05) is 30.9 Å². The van der Waals surface area contributed by atoms with E-state index in [1.54, 1.807) is 13.2 Å². The molecule has 0 aliphatic rings. The first kappa shape index (κ1) is 15.2. The zero-order valence-electron chi connectivity index (χ0n) is 11.5. The summed E-state index contributed by atoms with van der Waals surface area (Å²) in [5.74, 6) is 0.904. The Balaban J connectivity index is 2.76. The third-order valence-corrected chi connectivity index (χ3v) is 2.33. The molecule has 0 unspecified atom stereocenters. The molecule has 1 heterocycles. The highest BCUT2D eigenvalue weighted by Gasteiger charge is 2.16. The number of hydrogen-bond acceptors (Lipinski definition) is 6. The second-order valence-electron chi connectivity index (χ2n) is 4.39. The van der Waals surface area contributed by atoms with Crippen LogP contribution in [-0.4, -0.2) is 36.2 Å². The third-order valence-electron chi connectivity index (χ3n) is 2.33. The van der Waals surface area contributed by atoms with E-state index in [2.05, 4.69) is 15.6 Å². The Labute approximate surface area is 112 Å². The molecule has 1 aromatic rings. The maximum Gasteiger partial charge on any atom is 0.311 e. The average molecular weight is 268 g/mol. The Kier molecular flexibility index (Phi) is 6.01. The van der Waals surface area contributed by atoms with Crippen molar-refractivity contribution in [3.63, 3.8) is 0 Å². The molecule has 0 fully saturated rings. The summed E-state index contributed by atoms with van der Waals surface area (Å²) in [6.45, 7) is 5.19. The Bertz CT molecular complexity index is 423. The van der Waals surface area contributed by atoms with Crippen LogP contribution in [0.15, 0.2) is 12.1 Å². The average Bonchev–Trinajstić information content (AvgIpc) is 2.34.